The van der Waals surface area contributed by atoms with E-state index in [2.05, 4.69) is 15.5 Å². The zero-order valence-corrected chi connectivity index (χ0v) is 12.7. The van der Waals surface area contributed by atoms with Gasteiger partial charge in [0.05, 0.1) is 10.6 Å². The highest BCUT2D eigenvalue weighted by molar-refractivity contribution is 6.36. The van der Waals surface area contributed by atoms with Gasteiger partial charge in [-0.3, -0.25) is 0 Å². The van der Waals surface area contributed by atoms with Crippen molar-refractivity contribution in [2.24, 2.45) is 0 Å². The van der Waals surface area contributed by atoms with Crippen molar-refractivity contribution in [3.63, 3.8) is 0 Å². The molecular formula is C14H8Cl3N3O. The molecule has 0 saturated carbocycles. The van der Waals surface area contributed by atoms with Crippen LogP contribution in [0.25, 0.3) is 11.5 Å². The maximum atomic E-state index is 6.10. The summed E-state index contributed by atoms with van der Waals surface area (Å²) in [5.41, 5.74) is 1.41. The van der Waals surface area contributed by atoms with E-state index in [-0.39, 0.29) is 6.01 Å². The van der Waals surface area contributed by atoms with E-state index in [0.29, 0.717) is 26.5 Å². The molecular weight excluding hydrogens is 333 g/mol. The molecule has 0 spiro atoms. The van der Waals surface area contributed by atoms with Gasteiger partial charge in [-0.1, -0.05) is 39.9 Å². The molecule has 4 nitrogen and oxygen atoms in total. The van der Waals surface area contributed by atoms with Gasteiger partial charge in [-0.2, -0.15) is 0 Å². The highest BCUT2D eigenvalue weighted by Crippen LogP contribution is 2.30. The van der Waals surface area contributed by atoms with E-state index in [4.69, 9.17) is 39.2 Å². The third-order valence-corrected chi connectivity index (χ3v) is 3.48. The molecule has 0 radical (unpaired) electrons. The van der Waals surface area contributed by atoms with Crippen molar-refractivity contribution in [3.05, 3.63) is 57.5 Å². The smallest absolute Gasteiger partial charge is 0.320 e. The predicted molar refractivity (Wildman–Crippen MR) is 84.5 cm³/mol. The van der Waals surface area contributed by atoms with E-state index in [9.17, 15) is 0 Å². The summed E-state index contributed by atoms with van der Waals surface area (Å²) in [7, 11) is 0. The van der Waals surface area contributed by atoms with Gasteiger partial charge in [0.15, 0.2) is 0 Å². The first kappa shape index (κ1) is 14.2. The summed E-state index contributed by atoms with van der Waals surface area (Å²) in [6, 6.07) is 12.5. The van der Waals surface area contributed by atoms with Crippen molar-refractivity contribution < 1.29 is 4.42 Å². The van der Waals surface area contributed by atoms with Gasteiger partial charge in [0.2, 0.25) is 0 Å². The summed E-state index contributed by atoms with van der Waals surface area (Å²) in [6.07, 6.45) is 0. The highest BCUT2D eigenvalue weighted by Gasteiger charge is 2.12. The zero-order valence-electron chi connectivity index (χ0n) is 10.5. The van der Waals surface area contributed by atoms with Gasteiger partial charge in [-0.05, 0) is 42.5 Å². The Kier molecular flexibility index (Phi) is 4.01. The van der Waals surface area contributed by atoms with Crippen LogP contribution < -0.4 is 5.32 Å². The van der Waals surface area contributed by atoms with Crippen molar-refractivity contribution in [2.75, 3.05) is 5.32 Å². The largest absolute Gasteiger partial charge is 0.403 e. The van der Waals surface area contributed by atoms with Crippen LogP contribution in [0.1, 0.15) is 0 Å². The minimum Gasteiger partial charge on any atom is -0.403 e. The molecule has 0 aliphatic heterocycles. The monoisotopic (exact) mass is 339 g/mol. The molecule has 106 valence electrons. The van der Waals surface area contributed by atoms with E-state index in [1.165, 1.54) is 0 Å². The normalized spacial score (nSPS) is 10.6. The number of rotatable bonds is 3. The Bertz CT molecular complexity index is 771. The second-order valence-corrected chi connectivity index (χ2v) is 5.45. The molecule has 2 aromatic carbocycles. The van der Waals surface area contributed by atoms with Gasteiger partial charge in [0.25, 0.3) is 5.89 Å². The summed E-state index contributed by atoms with van der Waals surface area (Å²) in [6.45, 7) is 0. The molecule has 0 aliphatic rings. The summed E-state index contributed by atoms with van der Waals surface area (Å²) < 4.78 is 5.53. The third kappa shape index (κ3) is 3.29. The van der Waals surface area contributed by atoms with Gasteiger partial charge in [0.1, 0.15) is 0 Å². The van der Waals surface area contributed by atoms with Gasteiger partial charge in [-0.25, -0.2) is 0 Å². The van der Waals surface area contributed by atoms with Crippen molar-refractivity contribution >= 4 is 46.5 Å². The van der Waals surface area contributed by atoms with Crippen molar-refractivity contribution in [1.29, 1.82) is 0 Å². The lowest BCUT2D eigenvalue weighted by Gasteiger charge is -2.01. The van der Waals surface area contributed by atoms with E-state index in [1.54, 1.807) is 30.3 Å². The van der Waals surface area contributed by atoms with Crippen molar-refractivity contribution in [1.82, 2.24) is 10.2 Å². The molecule has 7 heteroatoms. The number of anilines is 2. The number of nitrogens with one attached hydrogen (secondary N) is 1. The Morgan fingerprint density at radius 3 is 2.29 bits per heavy atom. The van der Waals surface area contributed by atoms with Crippen LogP contribution in [0.2, 0.25) is 15.1 Å². The fourth-order valence-electron chi connectivity index (χ4n) is 1.70. The fourth-order valence-corrected chi connectivity index (χ4v) is 2.32. The molecule has 0 amide bonds. The highest BCUT2D eigenvalue weighted by atomic mass is 35.5. The quantitative estimate of drug-likeness (QED) is 0.689. The lowest BCUT2D eigenvalue weighted by molar-refractivity contribution is 0.587. The minimum absolute atomic E-state index is 0.262. The molecule has 21 heavy (non-hydrogen) atoms. The van der Waals surface area contributed by atoms with E-state index in [1.807, 2.05) is 12.1 Å². The third-order valence-electron chi connectivity index (χ3n) is 2.68. The lowest BCUT2D eigenvalue weighted by Crippen LogP contribution is -1.89. The van der Waals surface area contributed by atoms with E-state index in [0.717, 1.165) is 5.69 Å². The van der Waals surface area contributed by atoms with Crippen LogP contribution in [-0.2, 0) is 0 Å². The predicted octanol–water partition coefficient (Wildman–Crippen LogP) is 5.44. The Hall–Kier alpha value is -1.75. The number of benzene rings is 2. The summed E-state index contributed by atoms with van der Waals surface area (Å²) >= 11 is 17.8. The van der Waals surface area contributed by atoms with E-state index >= 15 is 0 Å². The summed E-state index contributed by atoms with van der Waals surface area (Å²) in [4.78, 5) is 0. The number of aromatic nitrogens is 2. The molecule has 1 heterocycles. The number of halogens is 3. The summed E-state index contributed by atoms with van der Waals surface area (Å²) in [5, 5.41) is 12.5. The topological polar surface area (TPSA) is 51.0 Å². The van der Waals surface area contributed by atoms with Crippen LogP contribution in [0, 0.1) is 0 Å². The first-order valence-corrected chi connectivity index (χ1v) is 7.07. The number of nitrogens with zero attached hydrogens (tertiary/aromatic N) is 2. The van der Waals surface area contributed by atoms with Crippen LogP contribution >= 0.6 is 34.8 Å². The van der Waals surface area contributed by atoms with Crippen LogP contribution in [0.4, 0.5) is 11.7 Å². The van der Waals surface area contributed by atoms with Crippen molar-refractivity contribution in [2.45, 2.75) is 0 Å². The fraction of sp³-hybridized carbons (Fsp3) is 0. The second kappa shape index (κ2) is 5.93. The number of hydrogen-bond acceptors (Lipinski definition) is 4. The van der Waals surface area contributed by atoms with Crippen LogP contribution in [-0.4, -0.2) is 10.2 Å². The molecule has 0 aliphatic carbocycles. The average Bonchev–Trinajstić information content (AvgIpc) is 2.90. The SMILES string of the molecule is Clc1ccc(Nc2nnc(-c3ccc(Cl)cc3Cl)o2)cc1. The van der Waals surface area contributed by atoms with Crippen LogP contribution in [0.5, 0.6) is 0 Å². The Labute approximate surface area is 135 Å². The van der Waals surface area contributed by atoms with Gasteiger partial charge in [0, 0.05) is 15.7 Å². The van der Waals surface area contributed by atoms with Crippen LogP contribution in [0.3, 0.4) is 0 Å². The van der Waals surface area contributed by atoms with Gasteiger partial charge < -0.3 is 9.73 Å². The van der Waals surface area contributed by atoms with Gasteiger partial charge >= 0.3 is 6.01 Å². The molecule has 3 rings (SSSR count). The maximum Gasteiger partial charge on any atom is 0.320 e. The van der Waals surface area contributed by atoms with Gasteiger partial charge in [-0.15, -0.1) is 5.10 Å². The van der Waals surface area contributed by atoms with E-state index < -0.39 is 0 Å². The lowest BCUT2D eigenvalue weighted by atomic mass is 10.2. The molecule has 0 fully saturated rings. The molecule has 1 aromatic heterocycles. The Morgan fingerprint density at radius 2 is 1.57 bits per heavy atom. The maximum absolute atomic E-state index is 6.10. The minimum atomic E-state index is 0.262. The average molecular weight is 341 g/mol. The molecule has 0 bridgehead atoms. The second-order valence-electron chi connectivity index (χ2n) is 4.17. The zero-order chi connectivity index (χ0) is 14.8. The standard InChI is InChI=1S/C14H8Cl3N3O/c15-8-1-4-10(5-2-8)18-14-20-19-13(21-14)11-6-3-9(16)7-12(11)17/h1-7H,(H,18,20). The Morgan fingerprint density at radius 1 is 0.857 bits per heavy atom. The Balaban J connectivity index is 1.84. The molecule has 0 unspecified atom stereocenters. The van der Waals surface area contributed by atoms with Crippen LogP contribution in [0.15, 0.2) is 46.9 Å². The molecule has 3 aromatic rings. The number of hydrogen-bond donors (Lipinski definition) is 1. The first-order valence-electron chi connectivity index (χ1n) is 5.93. The summed E-state index contributed by atoms with van der Waals surface area (Å²) in [5.74, 6) is 0.313. The molecule has 1 N–H and O–H groups in total. The first-order chi connectivity index (χ1) is 10.1. The molecule has 0 atom stereocenters. The molecule has 0 saturated heterocycles. The van der Waals surface area contributed by atoms with Crippen molar-refractivity contribution in [3.8, 4) is 11.5 Å².